The van der Waals surface area contributed by atoms with Crippen molar-refractivity contribution in [3.63, 3.8) is 0 Å². The highest BCUT2D eigenvalue weighted by Crippen LogP contribution is 2.39. The van der Waals surface area contributed by atoms with Gasteiger partial charge in [-0.2, -0.15) is 13.2 Å². The number of pyridine rings is 2. The Morgan fingerprint density at radius 2 is 1.69 bits per heavy atom. The number of benzene rings is 1. The van der Waals surface area contributed by atoms with E-state index >= 15 is 0 Å². The predicted molar refractivity (Wildman–Crippen MR) is 122 cm³/mol. The number of aromatic hydroxyl groups is 3. The molecule has 4 aromatic rings. The molecule has 0 atom stereocenters. The molecular weight excluding hydrogens is 465 g/mol. The molecular formula is C24H21F3N4O4. The minimum atomic E-state index is -4.34. The van der Waals surface area contributed by atoms with Gasteiger partial charge in [0.15, 0.2) is 17.2 Å². The SMILES string of the molecule is CN(C(=O)c1cc2nc(-c3ccncc3)ccc2n1CCCC(F)(F)F)c1cc(O)c(O)c(O)c1. The average Bonchev–Trinajstić information content (AvgIpc) is 3.18. The van der Waals surface area contributed by atoms with Gasteiger partial charge in [0.25, 0.3) is 5.91 Å². The van der Waals surface area contributed by atoms with E-state index in [4.69, 9.17) is 0 Å². The number of anilines is 1. The summed E-state index contributed by atoms with van der Waals surface area (Å²) in [4.78, 5) is 23.0. The van der Waals surface area contributed by atoms with Gasteiger partial charge in [-0.15, -0.1) is 0 Å². The normalized spacial score (nSPS) is 11.7. The second-order valence-corrected chi connectivity index (χ2v) is 7.93. The van der Waals surface area contributed by atoms with Crippen LogP contribution in [0.3, 0.4) is 0 Å². The van der Waals surface area contributed by atoms with Crippen LogP contribution in [-0.2, 0) is 6.54 Å². The quantitative estimate of drug-likeness (QED) is 0.337. The number of nitrogens with zero attached hydrogens (tertiary/aromatic N) is 4. The molecule has 11 heteroatoms. The van der Waals surface area contributed by atoms with E-state index < -0.39 is 35.8 Å². The van der Waals surface area contributed by atoms with Gasteiger partial charge in [0.2, 0.25) is 0 Å². The number of carbonyl (C=O) groups is 1. The van der Waals surface area contributed by atoms with Crippen molar-refractivity contribution >= 4 is 22.6 Å². The number of aromatic nitrogens is 3. The zero-order valence-electron chi connectivity index (χ0n) is 18.5. The molecule has 0 bridgehead atoms. The Morgan fingerprint density at radius 3 is 2.31 bits per heavy atom. The number of amides is 1. The number of rotatable bonds is 6. The van der Waals surface area contributed by atoms with Crippen LogP contribution in [0.15, 0.2) is 54.9 Å². The number of alkyl halides is 3. The van der Waals surface area contributed by atoms with E-state index in [0.29, 0.717) is 16.7 Å². The molecule has 1 aromatic carbocycles. The zero-order valence-corrected chi connectivity index (χ0v) is 18.5. The molecule has 0 aliphatic carbocycles. The maximum Gasteiger partial charge on any atom is 0.389 e. The van der Waals surface area contributed by atoms with Crippen molar-refractivity contribution in [2.24, 2.45) is 0 Å². The van der Waals surface area contributed by atoms with Crippen LogP contribution in [0.4, 0.5) is 18.9 Å². The Morgan fingerprint density at radius 1 is 1.03 bits per heavy atom. The molecule has 0 radical (unpaired) electrons. The molecule has 0 fully saturated rings. The monoisotopic (exact) mass is 486 g/mol. The zero-order chi connectivity index (χ0) is 25.3. The van der Waals surface area contributed by atoms with Gasteiger partial charge in [0.1, 0.15) is 5.69 Å². The molecule has 35 heavy (non-hydrogen) atoms. The van der Waals surface area contributed by atoms with Crippen molar-refractivity contribution in [2.75, 3.05) is 11.9 Å². The van der Waals surface area contributed by atoms with Crippen LogP contribution in [0.1, 0.15) is 23.3 Å². The third-order valence-electron chi connectivity index (χ3n) is 5.54. The third kappa shape index (κ3) is 4.98. The summed E-state index contributed by atoms with van der Waals surface area (Å²) in [5, 5.41) is 29.2. The Labute approximate surface area is 197 Å². The second kappa shape index (κ2) is 9.16. The van der Waals surface area contributed by atoms with E-state index in [1.807, 2.05) is 0 Å². The van der Waals surface area contributed by atoms with E-state index in [0.717, 1.165) is 22.6 Å². The summed E-state index contributed by atoms with van der Waals surface area (Å²) in [5.41, 5.74) is 2.44. The first-order valence-corrected chi connectivity index (χ1v) is 10.6. The molecule has 4 rings (SSSR count). The number of phenols is 3. The standard InChI is InChI=1S/C24H21F3N4O4/c1-30(15-11-20(32)22(34)21(33)12-15)23(35)19-13-17-18(31(19)10-2-7-24(25,26)27)4-3-16(29-17)14-5-8-28-9-6-14/h3-6,8-9,11-13,32-34H,2,7,10H2,1H3. The van der Waals surface area contributed by atoms with Gasteiger partial charge < -0.3 is 24.8 Å². The average molecular weight is 486 g/mol. The van der Waals surface area contributed by atoms with Crippen LogP contribution < -0.4 is 4.90 Å². The van der Waals surface area contributed by atoms with Crippen LogP contribution in [0.5, 0.6) is 17.2 Å². The largest absolute Gasteiger partial charge is 0.504 e. The highest BCUT2D eigenvalue weighted by atomic mass is 19.4. The van der Waals surface area contributed by atoms with Gasteiger partial charge in [-0.25, -0.2) is 4.98 Å². The fraction of sp³-hybridized carbons (Fsp3) is 0.208. The Kier molecular flexibility index (Phi) is 6.25. The van der Waals surface area contributed by atoms with Crippen LogP contribution in [0.25, 0.3) is 22.3 Å². The minimum Gasteiger partial charge on any atom is -0.504 e. The predicted octanol–water partition coefficient (Wildman–Crippen LogP) is 4.83. The lowest BCUT2D eigenvalue weighted by Gasteiger charge is -2.20. The van der Waals surface area contributed by atoms with Gasteiger partial charge in [-0.05, 0) is 36.8 Å². The highest BCUT2D eigenvalue weighted by molar-refractivity contribution is 6.07. The first-order valence-electron chi connectivity index (χ1n) is 10.6. The molecule has 0 saturated carbocycles. The van der Waals surface area contributed by atoms with Crippen LogP contribution in [0.2, 0.25) is 0 Å². The molecule has 0 aliphatic heterocycles. The van der Waals surface area contributed by atoms with Gasteiger partial charge in [-0.3, -0.25) is 9.78 Å². The molecule has 3 heterocycles. The van der Waals surface area contributed by atoms with Crippen molar-refractivity contribution in [1.29, 1.82) is 0 Å². The second-order valence-electron chi connectivity index (χ2n) is 7.93. The van der Waals surface area contributed by atoms with Gasteiger partial charge >= 0.3 is 6.18 Å². The van der Waals surface area contributed by atoms with Crippen LogP contribution in [-0.4, -0.2) is 49.0 Å². The van der Waals surface area contributed by atoms with E-state index in [2.05, 4.69) is 9.97 Å². The molecule has 0 unspecified atom stereocenters. The summed E-state index contributed by atoms with van der Waals surface area (Å²) in [6, 6.07) is 10.6. The lowest BCUT2D eigenvalue weighted by molar-refractivity contribution is -0.135. The molecule has 182 valence electrons. The van der Waals surface area contributed by atoms with Crippen molar-refractivity contribution in [3.05, 3.63) is 60.6 Å². The van der Waals surface area contributed by atoms with E-state index in [-0.39, 0.29) is 24.3 Å². The summed E-state index contributed by atoms with van der Waals surface area (Å²) >= 11 is 0. The maximum absolute atomic E-state index is 13.4. The lowest BCUT2D eigenvalue weighted by Crippen LogP contribution is -2.28. The van der Waals surface area contributed by atoms with Crippen LogP contribution in [0, 0.1) is 0 Å². The summed E-state index contributed by atoms with van der Waals surface area (Å²) in [6.07, 6.45) is -2.38. The molecule has 8 nitrogen and oxygen atoms in total. The maximum atomic E-state index is 13.4. The molecule has 1 amide bonds. The summed E-state index contributed by atoms with van der Waals surface area (Å²) in [7, 11) is 1.38. The molecule has 0 spiro atoms. The van der Waals surface area contributed by atoms with E-state index in [9.17, 15) is 33.3 Å². The topological polar surface area (TPSA) is 112 Å². The van der Waals surface area contributed by atoms with E-state index in [1.54, 1.807) is 36.7 Å². The summed E-state index contributed by atoms with van der Waals surface area (Å²) in [5.74, 6) is -2.60. The first-order chi connectivity index (χ1) is 16.5. The van der Waals surface area contributed by atoms with Crippen molar-refractivity contribution in [3.8, 4) is 28.5 Å². The highest BCUT2D eigenvalue weighted by Gasteiger charge is 2.27. The van der Waals surface area contributed by atoms with Crippen molar-refractivity contribution < 1.29 is 33.3 Å². The van der Waals surface area contributed by atoms with Crippen LogP contribution >= 0.6 is 0 Å². The number of phenolic OH excluding ortho intramolecular Hbond substituents is 3. The summed E-state index contributed by atoms with van der Waals surface area (Å²) in [6.45, 7) is -0.0831. The number of fused-ring (bicyclic) bond motifs is 1. The van der Waals surface area contributed by atoms with E-state index in [1.165, 1.54) is 17.7 Å². The Bertz CT molecular complexity index is 1360. The number of carbonyl (C=O) groups excluding carboxylic acids is 1. The number of hydrogen-bond acceptors (Lipinski definition) is 6. The molecule has 3 N–H and O–H groups in total. The fourth-order valence-electron chi connectivity index (χ4n) is 3.75. The fourth-order valence-corrected chi connectivity index (χ4v) is 3.75. The lowest BCUT2D eigenvalue weighted by atomic mass is 10.2. The first kappa shape index (κ1) is 23.9. The Hall–Kier alpha value is -4.28. The molecule has 0 saturated heterocycles. The molecule has 3 aromatic heterocycles. The Balaban J connectivity index is 1.76. The molecule has 0 aliphatic rings. The third-order valence-corrected chi connectivity index (χ3v) is 5.54. The smallest absolute Gasteiger partial charge is 0.389 e. The van der Waals surface area contributed by atoms with Gasteiger partial charge in [0.05, 0.1) is 22.4 Å². The van der Waals surface area contributed by atoms with Crippen molar-refractivity contribution in [2.45, 2.75) is 25.6 Å². The van der Waals surface area contributed by atoms with Gasteiger partial charge in [-0.1, -0.05) is 0 Å². The number of hydrogen-bond donors (Lipinski definition) is 3. The van der Waals surface area contributed by atoms with Gasteiger partial charge in [0, 0.05) is 50.1 Å². The number of aryl methyl sites for hydroxylation is 1. The number of halogens is 3. The summed E-state index contributed by atoms with van der Waals surface area (Å²) < 4.78 is 39.8. The van der Waals surface area contributed by atoms with Crippen molar-refractivity contribution in [1.82, 2.24) is 14.5 Å². The minimum absolute atomic E-state index is 0.0698.